The lowest BCUT2D eigenvalue weighted by Gasteiger charge is -2.47. The fraction of sp³-hybridized carbons (Fsp3) is 0.500. The molecule has 1 aliphatic heterocycles. The van der Waals surface area contributed by atoms with Crippen molar-refractivity contribution in [3.8, 4) is 0 Å². The van der Waals surface area contributed by atoms with E-state index in [0.717, 1.165) is 31.2 Å². The van der Waals surface area contributed by atoms with Crippen LogP contribution in [0.5, 0.6) is 0 Å². The van der Waals surface area contributed by atoms with Crippen LogP contribution in [0.15, 0.2) is 30.3 Å². The van der Waals surface area contributed by atoms with Gasteiger partial charge in [-0.3, -0.25) is 4.79 Å². The van der Waals surface area contributed by atoms with Crippen molar-refractivity contribution in [2.24, 2.45) is 5.92 Å². The maximum absolute atomic E-state index is 12.8. The first-order valence-electron chi connectivity index (χ1n) is 8.02. The van der Waals surface area contributed by atoms with E-state index in [9.17, 15) is 14.3 Å². The number of aliphatic hydroxyl groups is 1. The van der Waals surface area contributed by atoms with Crippen LogP contribution in [-0.2, 0) is 4.79 Å². The summed E-state index contributed by atoms with van der Waals surface area (Å²) in [5.74, 6) is -0.105. The summed E-state index contributed by atoms with van der Waals surface area (Å²) in [7, 11) is 0. The first-order valence-corrected chi connectivity index (χ1v) is 8.02. The molecule has 3 nitrogen and oxygen atoms in total. The third-order valence-corrected chi connectivity index (χ3v) is 5.03. The standard InChI is InChI=1S/C18H22FNO2/c19-16-7-4-14(5-8-16)6-9-17(21)20-12-11-18(22)10-2-1-3-15(18)13-20/h4-9,15,22H,1-3,10-13H2/b9-6+/t15-,18-/m0/s1. The molecule has 0 aromatic heterocycles. The summed E-state index contributed by atoms with van der Waals surface area (Å²) < 4.78 is 12.8. The molecule has 1 aliphatic carbocycles. The lowest BCUT2D eigenvalue weighted by atomic mass is 9.71. The zero-order chi connectivity index (χ0) is 15.6. The maximum Gasteiger partial charge on any atom is 0.246 e. The first kappa shape index (κ1) is 15.2. The Kier molecular flexibility index (Phi) is 4.30. The van der Waals surface area contributed by atoms with E-state index in [1.54, 1.807) is 24.3 Å². The average Bonchev–Trinajstić information content (AvgIpc) is 2.53. The number of amides is 1. The van der Waals surface area contributed by atoms with Gasteiger partial charge in [0, 0.05) is 25.1 Å². The molecular formula is C18H22FNO2. The molecule has 1 heterocycles. The third-order valence-electron chi connectivity index (χ3n) is 5.03. The van der Waals surface area contributed by atoms with Gasteiger partial charge in [0.2, 0.25) is 5.91 Å². The molecule has 0 spiro atoms. The van der Waals surface area contributed by atoms with E-state index >= 15 is 0 Å². The van der Waals surface area contributed by atoms with Crippen LogP contribution in [0.2, 0.25) is 0 Å². The van der Waals surface area contributed by atoms with Crippen molar-refractivity contribution >= 4 is 12.0 Å². The van der Waals surface area contributed by atoms with Gasteiger partial charge < -0.3 is 10.0 Å². The number of carbonyl (C=O) groups excluding carboxylic acids is 1. The fourth-order valence-electron chi connectivity index (χ4n) is 3.62. The van der Waals surface area contributed by atoms with Crippen molar-refractivity contribution in [1.29, 1.82) is 0 Å². The molecule has 1 saturated carbocycles. The van der Waals surface area contributed by atoms with E-state index in [0.29, 0.717) is 19.5 Å². The number of nitrogens with zero attached hydrogens (tertiary/aromatic N) is 1. The second-order valence-electron chi connectivity index (χ2n) is 6.47. The maximum atomic E-state index is 12.8. The van der Waals surface area contributed by atoms with Gasteiger partial charge in [-0.25, -0.2) is 4.39 Å². The van der Waals surface area contributed by atoms with E-state index in [-0.39, 0.29) is 17.6 Å². The van der Waals surface area contributed by atoms with Crippen LogP contribution in [0.3, 0.4) is 0 Å². The minimum Gasteiger partial charge on any atom is -0.389 e. The Labute approximate surface area is 130 Å². The lowest BCUT2D eigenvalue weighted by molar-refractivity contribution is -0.138. The highest BCUT2D eigenvalue weighted by Crippen LogP contribution is 2.39. The molecule has 4 heteroatoms. The predicted molar refractivity (Wildman–Crippen MR) is 83.5 cm³/mol. The second-order valence-corrected chi connectivity index (χ2v) is 6.47. The van der Waals surface area contributed by atoms with Crippen molar-refractivity contribution in [1.82, 2.24) is 4.90 Å². The van der Waals surface area contributed by atoms with E-state index in [1.165, 1.54) is 12.1 Å². The van der Waals surface area contributed by atoms with Gasteiger partial charge in [0.15, 0.2) is 0 Å². The lowest BCUT2D eigenvalue weighted by Crippen LogP contribution is -2.54. The molecule has 0 bridgehead atoms. The Balaban J connectivity index is 1.62. The largest absolute Gasteiger partial charge is 0.389 e. The molecule has 2 fully saturated rings. The third kappa shape index (κ3) is 3.22. The zero-order valence-corrected chi connectivity index (χ0v) is 12.7. The van der Waals surface area contributed by atoms with Gasteiger partial charge in [-0.1, -0.05) is 25.0 Å². The van der Waals surface area contributed by atoms with Crippen LogP contribution >= 0.6 is 0 Å². The molecule has 0 radical (unpaired) electrons. The molecule has 1 N–H and O–H groups in total. The summed E-state index contributed by atoms with van der Waals surface area (Å²) >= 11 is 0. The summed E-state index contributed by atoms with van der Waals surface area (Å²) in [4.78, 5) is 14.1. The van der Waals surface area contributed by atoms with Crippen LogP contribution in [0, 0.1) is 11.7 Å². The fourth-order valence-corrected chi connectivity index (χ4v) is 3.62. The monoisotopic (exact) mass is 303 g/mol. The van der Waals surface area contributed by atoms with Crippen LogP contribution in [0.1, 0.15) is 37.7 Å². The van der Waals surface area contributed by atoms with E-state index in [1.807, 2.05) is 4.90 Å². The number of likely N-dealkylation sites (tertiary alicyclic amines) is 1. The Hall–Kier alpha value is -1.68. The molecule has 22 heavy (non-hydrogen) atoms. The number of benzene rings is 1. The average molecular weight is 303 g/mol. The number of fused-ring (bicyclic) bond motifs is 1. The Morgan fingerprint density at radius 1 is 1.27 bits per heavy atom. The number of carbonyl (C=O) groups is 1. The van der Waals surface area contributed by atoms with Gasteiger partial charge in [0.05, 0.1) is 5.60 Å². The summed E-state index contributed by atoms with van der Waals surface area (Å²) in [6.45, 7) is 1.25. The summed E-state index contributed by atoms with van der Waals surface area (Å²) in [6, 6.07) is 6.06. The van der Waals surface area contributed by atoms with Crippen molar-refractivity contribution in [2.75, 3.05) is 13.1 Å². The van der Waals surface area contributed by atoms with E-state index in [4.69, 9.17) is 0 Å². The van der Waals surface area contributed by atoms with Gasteiger partial charge in [0.25, 0.3) is 0 Å². The van der Waals surface area contributed by atoms with Crippen LogP contribution in [-0.4, -0.2) is 34.6 Å². The summed E-state index contributed by atoms with van der Waals surface area (Å²) in [5.41, 5.74) is 0.247. The topological polar surface area (TPSA) is 40.5 Å². The second kappa shape index (κ2) is 6.21. The van der Waals surface area contributed by atoms with E-state index in [2.05, 4.69) is 0 Å². The van der Waals surface area contributed by atoms with Crippen molar-refractivity contribution in [3.05, 3.63) is 41.7 Å². The van der Waals surface area contributed by atoms with E-state index < -0.39 is 5.60 Å². The zero-order valence-electron chi connectivity index (χ0n) is 12.7. The molecular weight excluding hydrogens is 281 g/mol. The number of piperidine rings is 1. The molecule has 1 aromatic rings. The molecule has 1 saturated heterocycles. The Morgan fingerprint density at radius 3 is 2.82 bits per heavy atom. The van der Waals surface area contributed by atoms with Gasteiger partial charge >= 0.3 is 0 Å². The molecule has 1 aromatic carbocycles. The predicted octanol–water partition coefficient (Wildman–Crippen LogP) is 2.99. The minimum absolute atomic E-state index is 0.0306. The highest BCUT2D eigenvalue weighted by atomic mass is 19.1. The molecule has 118 valence electrons. The summed E-state index contributed by atoms with van der Waals surface area (Å²) in [5, 5.41) is 10.6. The normalized spacial score (nSPS) is 28.6. The number of hydrogen-bond acceptors (Lipinski definition) is 2. The van der Waals surface area contributed by atoms with Crippen molar-refractivity contribution in [2.45, 2.75) is 37.7 Å². The first-order chi connectivity index (χ1) is 10.6. The van der Waals surface area contributed by atoms with Crippen molar-refractivity contribution < 1.29 is 14.3 Å². The SMILES string of the molecule is O=C(/C=C/c1ccc(F)cc1)N1CC[C@@]2(O)CCCC[C@H]2C1. The number of hydrogen-bond donors (Lipinski definition) is 1. The molecule has 1 amide bonds. The van der Waals surface area contributed by atoms with Gasteiger partial charge in [-0.2, -0.15) is 0 Å². The van der Waals surface area contributed by atoms with Crippen LogP contribution in [0.4, 0.5) is 4.39 Å². The molecule has 3 rings (SSSR count). The molecule has 2 atom stereocenters. The molecule has 2 aliphatic rings. The minimum atomic E-state index is -0.560. The molecule has 0 unspecified atom stereocenters. The quantitative estimate of drug-likeness (QED) is 0.853. The van der Waals surface area contributed by atoms with Gasteiger partial charge in [-0.05, 0) is 43.0 Å². The highest BCUT2D eigenvalue weighted by molar-refractivity contribution is 5.91. The highest BCUT2D eigenvalue weighted by Gasteiger charge is 2.43. The number of halogens is 1. The van der Waals surface area contributed by atoms with Gasteiger partial charge in [-0.15, -0.1) is 0 Å². The van der Waals surface area contributed by atoms with Crippen LogP contribution in [0.25, 0.3) is 6.08 Å². The number of rotatable bonds is 2. The Morgan fingerprint density at radius 2 is 2.05 bits per heavy atom. The van der Waals surface area contributed by atoms with Crippen molar-refractivity contribution in [3.63, 3.8) is 0 Å². The summed E-state index contributed by atoms with van der Waals surface area (Å²) in [6.07, 6.45) is 8.02. The van der Waals surface area contributed by atoms with Gasteiger partial charge in [0.1, 0.15) is 5.82 Å². The smallest absolute Gasteiger partial charge is 0.246 e. The Bertz CT molecular complexity index is 569. The van der Waals surface area contributed by atoms with Crippen LogP contribution < -0.4 is 0 Å².